The van der Waals surface area contributed by atoms with E-state index in [0.29, 0.717) is 22.9 Å². The molecule has 1 aromatic carbocycles. The zero-order valence-corrected chi connectivity index (χ0v) is 16.5. The number of aromatic amines is 1. The molecular formula is C21H22N2O6. The van der Waals surface area contributed by atoms with Gasteiger partial charge in [0, 0.05) is 17.8 Å². The number of H-pyrrole nitrogens is 1. The molecule has 29 heavy (non-hydrogen) atoms. The summed E-state index contributed by atoms with van der Waals surface area (Å²) >= 11 is 0. The lowest BCUT2D eigenvalue weighted by Gasteiger charge is -2.07. The monoisotopic (exact) mass is 398 g/mol. The summed E-state index contributed by atoms with van der Waals surface area (Å²) in [6.45, 7) is 4.78. The van der Waals surface area contributed by atoms with E-state index in [2.05, 4.69) is 9.97 Å². The minimum atomic E-state index is -0.583. The van der Waals surface area contributed by atoms with Crippen molar-refractivity contribution >= 4 is 28.8 Å². The fourth-order valence-corrected chi connectivity index (χ4v) is 3.11. The lowest BCUT2D eigenvalue weighted by molar-refractivity contribution is -0.142. The molecule has 0 radical (unpaired) electrons. The maximum Gasteiger partial charge on any atom is 0.340 e. The van der Waals surface area contributed by atoms with Crippen LogP contribution in [0.4, 0.5) is 0 Å². The zero-order valence-electron chi connectivity index (χ0n) is 16.5. The molecule has 1 N–H and O–H groups in total. The first-order chi connectivity index (χ1) is 13.9. The summed E-state index contributed by atoms with van der Waals surface area (Å²) in [4.78, 5) is 44.0. The van der Waals surface area contributed by atoms with Gasteiger partial charge in [-0.15, -0.1) is 0 Å². The number of aromatic nitrogens is 2. The van der Waals surface area contributed by atoms with Gasteiger partial charge in [-0.2, -0.15) is 0 Å². The normalized spacial score (nSPS) is 10.9. The van der Waals surface area contributed by atoms with Crippen molar-refractivity contribution < 1.29 is 28.3 Å². The van der Waals surface area contributed by atoms with Gasteiger partial charge >= 0.3 is 11.9 Å². The molecule has 0 unspecified atom stereocenters. The first kappa shape index (κ1) is 20.3. The van der Waals surface area contributed by atoms with Gasteiger partial charge in [0.25, 0.3) is 0 Å². The second-order valence-electron chi connectivity index (χ2n) is 6.50. The third-order valence-electron chi connectivity index (χ3n) is 4.38. The Morgan fingerprint density at radius 2 is 1.79 bits per heavy atom. The number of ether oxygens (including phenoxy) is 2. The number of Topliss-reactive ketones (excluding diaryl/α,β-unsaturated/α-hetero) is 1. The van der Waals surface area contributed by atoms with Gasteiger partial charge in [0.05, 0.1) is 24.2 Å². The number of fused-ring (bicyclic) bond motifs is 1. The molecule has 0 atom stereocenters. The molecule has 3 rings (SSSR count). The van der Waals surface area contributed by atoms with E-state index in [4.69, 9.17) is 13.9 Å². The smallest absolute Gasteiger partial charge is 0.340 e. The van der Waals surface area contributed by atoms with E-state index in [1.165, 1.54) is 0 Å². The van der Waals surface area contributed by atoms with Crippen molar-refractivity contribution in [1.29, 1.82) is 0 Å². The quantitative estimate of drug-likeness (QED) is 0.458. The lowest BCUT2D eigenvalue weighted by atomic mass is 10.1. The van der Waals surface area contributed by atoms with Gasteiger partial charge in [-0.3, -0.25) is 9.59 Å². The zero-order chi connectivity index (χ0) is 21.0. The minimum Gasteiger partial charge on any atom is -0.462 e. The van der Waals surface area contributed by atoms with E-state index >= 15 is 0 Å². The largest absolute Gasteiger partial charge is 0.462 e. The number of hydrogen-bond donors (Lipinski definition) is 1. The summed E-state index contributed by atoms with van der Waals surface area (Å²) < 4.78 is 15.7. The molecule has 0 saturated carbocycles. The van der Waals surface area contributed by atoms with Crippen molar-refractivity contribution in [2.24, 2.45) is 0 Å². The average molecular weight is 398 g/mol. The highest BCUT2D eigenvalue weighted by atomic mass is 16.5. The Morgan fingerprint density at radius 1 is 1.07 bits per heavy atom. The standard InChI is InChI=1S/C21H22N2O6/c1-4-27-21(26)20-13(3)22-12(2)19(20)15(24)11-28-18(25)10-9-17-23-14-7-5-6-8-16(14)29-17/h5-8,22H,4,9-11H2,1-3H3. The van der Waals surface area contributed by atoms with Gasteiger partial charge in [-0.1, -0.05) is 12.1 Å². The van der Waals surface area contributed by atoms with Crippen LogP contribution in [0.3, 0.4) is 0 Å². The van der Waals surface area contributed by atoms with Crippen molar-refractivity contribution in [2.45, 2.75) is 33.6 Å². The number of aryl methyl sites for hydroxylation is 3. The first-order valence-corrected chi connectivity index (χ1v) is 9.30. The molecule has 0 spiro atoms. The molecule has 8 heteroatoms. The Kier molecular flexibility index (Phi) is 6.11. The first-order valence-electron chi connectivity index (χ1n) is 9.30. The third-order valence-corrected chi connectivity index (χ3v) is 4.38. The van der Waals surface area contributed by atoms with Crippen LogP contribution >= 0.6 is 0 Å². The Bertz CT molecular complexity index is 1030. The van der Waals surface area contributed by atoms with E-state index in [-0.39, 0.29) is 30.6 Å². The molecule has 0 aliphatic carbocycles. The molecule has 0 amide bonds. The fourth-order valence-electron chi connectivity index (χ4n) is 3.11. The Balaban J connectivity index is 1.59. The van der Waals surface area contributed by atoms with E-state index in [1.807, 2.05) is 18.2 Å². The van der Waals surface area contributed by atoms with E-state index in [0.717, 1.165) is 5.52 Å². The maximum atomic E-state index is 12.6. The number of carbonyl (C=O) groups excluding carboxylic acids is 3. The predicted molar refractivity (Wildman–Crippen MR) is 104 cm³/mol. The van der Waals surface area contributed by atoms with E-state index in [1.54, 1.807) is 26.8 Å². The highest BCUT2D eigenvalue weighted by molar-refractivity contribution is 6.09. The minimum absolute atomic E-state index is 0.0238. The summed E-state index contributed by atoms with van der Waals surface area (Å²) in [6.07, 6.45) is 0.286. The summed E-state index contributed by atoms with van der Waals surface area (Å²) in [7, 11) is 0. The van der Waals surface area contributed by atoms with Crippen LogP contribution in [0.5, 0.6) is 0 Å². The summed E-state index contributed by atoms with van der Waals surface area (Å²) in [5.41, 5.74) is 2.79. The third kappa shape index (κ3) is 4.53. The van der Waals surface area contributed by atoms with Gasteiger partial charge in [0.15, 0.2) is 18.1 Å². The second kappa shape index (κ2) is 8.72. The summed E-state index contributed by atoms with van der Waals surface area (Å²) in [5, 5.41) is 0. The van der Waals surface area contributed by atoms with E-state index in [9.17, 15) is 14.4 Å². The molecule has 3 aromatic rings. The number of ketones is 1. The van der Waals surface area contributed by atoms with Crippen LogP contribution < -0.4 is 0 Å². The molecule has 2 aromatic heterocycles. The highest BCUT2D eigenvalue weighted by Crippen LogP contribution is 2.21. The number of rotatable bonds is 8. The molecule has 0 aliphatic rings. The van der Waals surface area contributed by atoms with Gasteiger partial charge in [0.1, 0.15) is 5.52 Å². The molecule has 0 aliphatic heterocycles. The number of esters is 2. The Morgan fingerprint density at radius 3 is 2.52 bits per heavy atom. The average Bonchev–Trinajstić information content (AvgIpc) is 3.24. The predicted octanol–water partition coefficient (Wildman–Crippen LogP) is 3.31. The van der Waals surface area contributed by atoms with Crippen LogP contribution in [0.25, 0.3) is 11.1 Å². The molecule has 0 fully saturated rings. The number of hydrogen-bond acceptors (Lipinski definition) is 7. The number of benzene rings is 1. The molecular weight excluding hydrogens is 376 g/mol. The van der Waals surface area contributed by atoms with E-state index < -0.39 is 24.3 Å². The van der Waals surface area contributed by atoms with Crippen LogP contribution in [0.2, 0.25) is 0 Å². The van der Waals surface area contributed by atoms with Crippen LogP contribution in [0.15, 0.2) is 28.7 Å². The van der Waals surface area contributed by atoms with Gasteiger partial charge < -0.3 is 18.9 Å². The number of oxazole rings is 1. The lowest BCUT2D eigenvalue weighted by Crippen LogP contribution is -2.18. The van der Waals surface area contributed by atoms with Gasteiger partial charge in [0.2, 0.25) is 5.78 Å². The van der Waals surface area contributed by atoms with Crippen molar-refractivity contribution in [2.75, 3.05) is 13.2 Å². The number of carbonyl (C=O) groups is 3. The molecule has 2 heterocycles. The number of nitrogens with one attached hydrogen (secondary N) is 1. The topological polar surface area (TPSA) is 111 Å². The van der Waals surface area contributed by atoms with Gasteiger partial charge in [-0.05, 0) is 32.9 Å². The molecule has 152 valence electrons. The maximum absolute atomic E-state index is 12.6. The molecule has 8 nitrogen and oxygen atoms in total. The van der Waals surface area contributed by atoms with Crippen LogP contribution in [-0.2, 0) is 20.7 Å². The van der Waals surface area contributed by atoms with Crippen LogP contribution in [0.1, 0.15) is 51.3 Å². The van der Waals surface area contributed by atoms with Crippen molar-refractivity contribution in [3.8, 4) is 0 Å². The summed E-state index contributed by atoms with van der Waals surface area (Å²) in [5.74, 6) is -1.18. The van der Waals surface area contributed by atoms with Crippen molar-refractivity contribution in [3.63, 3.8) is 0 Å². The van der Waals surface area contributed by atoms with Crippen molar-refractivity contribution in [3.05, 3.63) is 52.7 Å². The SMILES string of the molecule is CCOC(=O)c1c(C)[nH]c(C)c1C(=O)COC(=O)CCc1nc2ccccc2o1. The van der Waals surface area contributed by atoms with Crippen LogP contribution in [-0.4, -0.2) is 40.9 Å². The fraction of sp³-hybridized carbons (Fsp3) is 0.333. The highest BCUT2D eigenvalue weighted by Gasteiger charge is 2.26. The summed E-state index contributed by atoms with van der Waals surface area (Å²) in [6, 6.07) is 7.31. The molecule has 0 bridgehead atoms. The Hall–Kier alpha value is -3.42. The van der Waals surface area contributed by atoms with Crippen LogP contribution in [0, 0.1) is 13.8 Å². The number of nitrogens with zero attached hydrogens (tertiary/aromatic N) is 1. The molecule has 0 saturated heterocycles. The number of para-hydroxylation sites is 2. The Labute approximate surface area is 167 Å². The second-order valence-corrected chi connectivity index (χ2v) is 6.50. The van der Waals surface area contributed by atoms with Crippen molar-refractivity contribution in [1.82, 2.24) is 9.97 Å². The van der Waals surface area contributed by atoms with Gasteiger partial charge in [-0.25, -0.2) is 9.78 Å².